The van der Waals surface area contributed by atoms with Gasteiger partial charge in [-0.3, -0.25) is 9.59 Å². The minimum Gasteiger partial charge on any atom is -0.494 e. The van der Waals surface area contributed by atoms with Crippen molar-refractivity contribution in [3.63, 3.8) is 0 Å². The molecule has 0 aliphatic rings. The number of aromatic nitrogens is 3. The topological polar surface area (TPSA) is 115 Å². The Bertz CT molecular complexity index is 1130. The number of hydrogen-bond donors (Lipinski definition) is 2. The Morgan fingerprint density at radius 2 is 1.90 bits per heavy atom. The summed E-state index contributed by atoms with van der Waals surface area (Å²) < 4.78 is 8.08. The number of nitrogens with zero attached hydrogens (tertiary/aromatic N) is 3. The highest BCUT2D eigenvalue weighted by molar-refractivity contribution is 5.95. The second-order valence-corrected chi connectivity index (χ2v) is 6.79. The molecule has 156 valence electrons. The number of ether oxygens (including phenoxy) is 1. The molecule has 30 heavy (non-hydrogen) atoms. The van der Waals surface area contributed by atoms with Crippen LogP contribution in [0.1, 0.15) is 16.1 Å². The van der Waals surface area contributed by atoms with Crippen LogP contribution in [0.15, 0.2) is 53.6 Å². The Morgan fingerprint density at radius 1 is 1.20 bits per heavy atom. The molecule has 0 saturated carbocycles. The summed E-state index contributed by atoms with van der Waals surface area (Å²) in [5.41, 5.74) is 1.76. The van der Waals surface area contributed by atoms with Crippen LogP contribution in [0.25, 0.3) is 11.1 Å². The Labute approximate surface area is 172 Å². The van der Waals surface area contributed by atoms with E-state index in [9.17, 15) is 19.5 Å². The molecular weight excluding hydrogens is 388 g/mol. The fourth-order valence-corrected chi connectivity index (χ4v) is 3.12. The van der Waals surface area contributed by atoms with Gasteiger partial charge in [0.15, 0.2) is 5.75 Å². The first-order valence-electron chi connectivity index (χ1n) is 9.16. The van der Waals surface area contributed by atoms with E-state index in [1.165, 1.54) is 18.0 Å². The second-order valence-electron chi connectivity index (χ2n) is 6.79. The monoisotopic (exact) mass is 410 g/mol. The number of carbonyl (C=O) groups excluding carboxylic acids is 1. The lowest BCUT2D eigenvalue weighted by Gasteiger charge is -2.15. The lowest BCUT2D eigenvalue weighted by molar-refractivity contribution is -0.139. The van der Waals surface area contributed by atoms with Gasteiger partial charge in [-0.15, -0.1) is 0 Å². The summed E-state index contributed by atoms with van der Waals surface area (Å²) in [7, 11) is 4.72. The third-order valence-corrected chi connectivity index (χ3v) is 4.78. The fraction of sp³-hybridized carbons (Fsp3) is 0.238. The standard InChI is InChI=1S/C21H22N4O5/c1-24-10-4-5-16(24)19(26)23-15(21(28)29)11-13-6-8-14(9-7-13)18-17(30-3)12-22-25(2)20(18)27/h4-10,12,15H,11H2,1-3H3,(H,23,26)(H,28,29)/t15-/m0/s1. The van der Waals surface area contributed by atoms with E-state index in [2.05, 4.69) is 10.4 Å². The van der Waals surface area contributed by atoms with Crippen molar-refractivity contribution in [1.29, 1.82) is 0 Å². The number of nitrogens with one attached hydrogen (secondary N) is 1. The van der Waals surface area contributed by atoms with Crippen LogP contribution in [0.4, 0.5) is 0 Å². The Balaban J connectivity index is 1.81. The maximum Gasteiger partial charge on any atom is 0.326 e. The van der Waals surface area contributed by atoms with Crippen molar-refractivity contribution in [2.24, 2.45) is 14.1 Å². The van der Waals surface area contributed by atoms with Crippen molar-refractivity contribution in [1.82, 2.24) is 19.7 Å². The molecule has 2 N–H and O–H groups in total. The van der Waals surface area contributed by atoms with Gasteiger partial charge in [0.05, 0.1) is 18.9 Å². The zero-order valence-electron chi connectivity index (χ0n) is 16.8. The first-order chi connectivity index (χ1) is 14.3. The van der Waals surface area contributed by atoms with E-state index in [-0.39, 0.29) is 12.0 Å². The van der Waals surface area contributed by atoms with E-state index in [0.29, 0.717) is 28.1 Å². The molecule has 9 nitrogen and oxygen atoms in total. The molecule has 3 rings (SSSR count). The predicted octanol–water partition coefficient (Wildman–Crippen LogP) is 1.22. The van der Waals surface area contributed by atoms with Crippen LogP contribution in [0.5, 0.6) is 5.75 Å². The first-order valence-corrected chi connectivity index (χ1v) is 9.16. The van der Waals surface area contributed by atoms with Gasteiger partial charge in [0.25, 0.3) is 11.5 Å². The van der Waals surface area contributed by atoms with Crippen molar-refractivity contribution in [3.05, 3.63) is 70.4 Å². The van der Waals surface area contributed by atoms with Crippen LogP contribution < -0.4 is 15.6 Å². The number of carbonyl (C=O) groups is 2. The van der Waals surface area contributed by atoms with Gasteiger partial charge in [0, 0.05) is 26.7 Å². The van der Waals surface area contributed by atoms with Gasteiger partial charge in [-0.05, 0) is 23.3 Å². The number of methoxy groups -OCH3 is 1. The molecule has 0 bridgehead atoms. The fourth-order valence-electron chi connectivity index (χ4n) is 3.12. The molecule has 9 heteroatoms. The number of carboxylic acids is 1. The zero-order chi connectivity index (χ0) is 21.8. The molecule has 0 spiro atoms. The first kappa shape index (κ1) is 20.8. The van der Waals surface area contributed by atoms with Crippen molar-refractivity contribution < 1.29 is 19.4 Å². The van der Waals surface area contributed by atoms with E-state index in [4.69, 9.17) is 4.74 Å². The number of amides is 1. The van der Waals surface area contributed by atoms with Crippen molar-refractivity contribution in [2.75, 3.05) is 7.11 Å². The highest BCUT2D eigenvalue weighted by Crippen LogP contribution is 2.25. The van der Waals surface area contributed by atoms with Gasteiger partial charge in [-0.25, -0.2) is 9.48 Å². The number of carboxylic acid groups (broad SMARTS) is 1. The lowest BCUT2D eigenvalue weighted by Crippen LogP contribution is -2.42. The van der Waals surface area contributed by atoms with E-state index in [1.54, 1.807) is 61.3 Å². The largest absolute Gasteiger partial charge is 0.494 e. The zero-order valence-corrected chi connectivity index (χ0v) is 16.8. The van der Waals surface area contributed by atoms with E-state index in [0.717, 1.165) is 0 Å². The summed E-state index contributed by atoms with van der Waals surface area (Å²) in [5, 5.41) is 16.0. The molecule has 0 aliphatic heterocycles. The quantitative estimate of drug-likeness (QED) is 0.605. The number of rotatable bonds is 7. The SMILES string of the molecule is COc1cnn(C)c(=O)c1-c1ccc(C[C@H](NC(=O)c2cccn2C)C(=O)O)cc1. The van der Waals surface area contributed by atoms with Crippen LogP contribution in [0.3, 0.4) is 0 Å². The highest BCUT2D eigenvalue weighted by atomic mass is 16.5. The molecule has 2 heterocycles. The number of aliphatic carboxylic acids is 1. The van der Waals surface area contributed by atoms with Crippen LogP contribution in [0, 0.1) is 0 Å². The molecule has 1 aromatic carbocycles. The van der Waals surface area contributed by atoms with Gasteiger partial charge < -0.3 is 19.7 Å². The summed E-state index contributed by atoms with van der Waals surface area (Å²) >= 11 is 0. The third kappa shape index (κ3) is 4.24. The smallest absolute Gasteiger partial charge is 0.326 e. The van der Waals surface area contributed by atoms with Crippen LogP contribution >= 0.6 is 0 Å². The van der Waals surface area contributed by atoms with Crippen LogP contribution in [-0.2, 0) is 25.3 Å². The molecule has 2 aromatic heterocycles. The average molecular weight is 410 g/mol. The van der Waals surface area contributed by atoms with E-state index < -0.39 is 17.9 Å². The summed E-state index contributed by atoms with van der Waals surface area (Å²) in [5.74, 6) is -1.24. The molecule has 0 saturated heterocycles. The van der Waals surface area contributed by atoms with Gasteiger partial charge in [0.2, 0.25) is 0 Å². The van der Waals surface area contributed by atoms with E-state index in [1.807, 2.05) is 0 Å². The maximum absolute atomic E-state index is 12.5. The van der Waals surface area contributed by atoms with Gasteiger partial charge in [-0.2, -0.15) is 5.10 Å². The molecule has 0 fully saturated rings. The number of aryl methyl sites for hydroxylation is 2. The Morgan fingerprint density at radius 3 is 2.47 bits per heavy atom. The number of hydrogen-bond acceptors (Lipinski definition) is 5. The lowest BCUT2D eigenvalue weighted by atomic mass is 10.0. The minimum absolute atomic E-state index is 0.0945. The minimum atomic E-state index is -1.13. The summed E-state index contributed by atoms with van der Waals surface area (Å²) in [6.07, 6.45) is 3.27. The Kier molecular flexibility index (Phi) is 6.01. The van der Waals surface area contributed by atoms with Crippen LogP contribution in [0.2, 0.25) is 0 Å². The number of benzene rings is 1. The van der Waals surface area contributed by atoms with Gasteiger partial charge in [0.1, 0.15) is 11.7 Å². The predicted molar refractivity (Wildman–Crippen MR) is 109 cm³/mol. The van der Waals surface area contributed by atoms with E-state index >= 15 is 0 Å². The average Bonchev–Trinajstić information content (AvgIpc) is 3.16. The van der Waals surface area contributed by atoms with Crippen molar-refractivity contribution in [3.8, 4) is 16.9 Å². The maximum atomic E-state index is 12.5. The molecule has 0 radical (unpaired) electrons. The molecule has 1 atom stereocenters. The van der Waals surface area contributed by atoms with Crippen molar-refractivity contribution in [2.45, 2.75) is 12.5 Å². The van der Waals surface area contributed by atoms with Crippen molar-refractivity contribution >= 4 is 11.9 Å². The summed E-state index contributed by atoms with van der Waals surface area (Å²) in [6.45, 7) is 0. The third-order valence-electron chi connectivity index (χ3n) is 4.78. The summed E-state index contributed by atoms with van der Waals surface area (Å²) in [4.78, 5) is 36.5. The molecule has 0 unspecified atom stereocenters. The molecule has 3 aromatic rings. The summed E-state index contributed by atoms with van der Waals surface area (Å²) in [6, 6.07) is 9.10. The normalized spacial score (nSPS) is 11.7. The molecular formula is C21H22N4O5. The Hall–Kier alpha value is -3.88. The van der Waals surface area contributed by atoms with Crippen LogP contribution in [-0.4, -0.2) is 44.5 Å². The van der Waals surface area contributed by atoms with Gasteiger partial charge in [-0.1, -0.05) is 24.3 Å². The van der Waals surface area contributed by atoms with Gasteiger partial charge >= 0.3 is 5.97 Å². The second kappa shape index (κ2) is 8.64. The highest BCUT2D eigenvalue weighted by Gasteiger charge is 2.22. The molecule has 1 amide bonds. The molecule has 0 aliphatic carbocycles.